The molecule has 1 aromatic rings. The first-order valence-corrected chi connectivity index (χ1v) is 45.2. The predicted molar refractivity (Wildman–Crippen MR) is 444 cm³/mol. The molecule has 0 spiro atoms. The molecule has 2 aliphatic rings. The van der Waals surface area contributed by atoms with Crippen LogP contribution in [0.5, 0.6) is 0 Å². The summed E-state index contributed by atoms with van der Waals surface area (Å²) >= 11 is 0. The van der Waals surface area contributed by atoms with Gasteiger partial charge in [0.25, 0.3) is 0 Å². The zero-order valence-corrected chi connectivity index (χ0v) is 73.4. The van der Waals surface area contributed by atoms with Gasteiger partial charge in [-0.05, 0) is 62.7 Å². The molecule has 1 amide bonds. The lowest BCUT2D eigenvalue weighted by atomic mass is 9.73. The van der Waals surface area contributed by atoms with Gasteiger partial charge in [-0.3, -0.25) is 9.59 Å². The fraction of sp³-hybridized carbons (Fsp3) is 0.942. The monoisotopic (exact) mass is 1700 g/mol. The Kier molecular flexibility index (Phi) is 77.9. The molecule has 1 aromatic heterocycles. The van der Waals surface area contributed by atoms with Crippen LogP contribution in [0.3, 0.4) is 0 Å². The number of amides is 1. The number of carbonyl (C=O) groups excluding carboxylic acids is 2. The molecule has 1 heterocycles. The first-order chi connectivity index (χ1) is 58.4. The maximum Gasteiger partial charge on any atom is 0.406 e. The first kappa shape index (κ1) is 109. The zero-order chi connectivity index (χ0) is 84.1. The summed E-state index contributed by atoms with van der Waals surface area (Å²) in [4.78, 5) is 38.0. The van der Waals surface area contributed by atoms with Gasteiger partial charge in [0.1, 0.15) is 11.2 Å². The Hall–Kier alpha value is -3.37. The van der Waals surface area contributed by atoms with Crippen molar-refractivity contribution in [2.45, 2.75) is 187 Å². The van der Waals surface area contributed by atoms with Crippen molar-refractivity contribution in [1.82, 2.24) is 20.3 Å². The van der Waals surface area contributed by atoms with Crippen molar-refractivity contribution in [3.63, 3.8) is 0 Å². The zero-order valence-electron chi connectivity index (χ0n) is 73.4. The molecule has 0 saturated heterocycles. The van der Waals surface area contributed by atoms with E-state index in [-0.39, 0.29) is 18.3 Å². The fourth-order valence-corrected chi connectivity index (χ4v) is 13.4. The number of nitrogens with zero attached hydrogens (tertiary/aromatic N) is 3. The molecule has 3 rings (SSSR count). The molecule has 694 valence electrons. The summed E-state index contributed by atoms with van der Waals surface area (Å²) in [6, 6.07) is 0. The van der Waals surface area contributed by atoms with Gasteiger partial charge in [-0.1, -0.05) is 135 Å². The van der Waals surface area contributed by atoms with E-state index in [9.17, 15) is 19.5 Å². The summed E-state index contributed by atoms with van der Waals surface area (Å²) in [5.41, 5.74) is 0.997. The highest BCUT2D eigenvalue weighted by Crippen LogP contribution is 2.53. The van der Waals surface area contributed by atoms with Gasteiger partial charge >= 0.3 is 12.1 Å². The van der Waals surface area contributed by atoms with Crippen LogP contribution >= 0.6 is 0 Å². The maximum atomic E-state index is 13.7. The average molecular weight is 1700 g/mol. The third kappa shape index (κ3) is 64.4. The topological polar surface area (TPSA) is 336 Å². The number of rotatable bonds is 97. The van der Waals surface area contributed by atoms with Crippen LogP contribution in [0.4, 0.5) is 4.79 Å². The van der Waals surface area contributed by atoms with E-state index >= 15 is 0 Å². The first-order valence-electron chi connectivity index (χ1n) is 45.2. The number of hydrogen-bond acceptors (Lipinski definition) is 29. The molecule has 1 fully saturated rings. The second kappa shape index (κ2) is 84.5. The summed E-state index contributed by atoms with van der Waals surface area (Å²) < 4.78 is 136. The summed E-state index contributed by atoms with van der Waals surface area (Å²) in [5, 5.41) is 21.9. The summed E-state index contributed by atoms with van der Waals surface area (Å²) in [6.45, 7) is 27.2. The number of carbonyl (C=O) groups is 3. The third-order valence-corrected chi connectivity index (χ3v) is 20.1. The van der Waals surface area contributed by atoms with E-state index in [2.05, 4.69) is 29.5 Å². The molecule has 32 nitrogen and oxygen atoms in total. The Morgan fingerprint density at radius 3 is 0.847 bits per heavy atom. The lowest BCUT2D eigenvalue weighted by molar-refractivity contribution is -0.156. The van der Waals surface area contributed by atoms with Crippen LogP contribution in [0, 0.1) is 23.2 Å². The van der Waals surface area contributed by atoms with E-state index in [4.69, 9.17) is 114 Å². The van der Waals surface area contributed by atoms with Crippen LogP contribution in [-0.2, 0) is 143 Å². The Labute approximate surface area is 707 Å². The van der Waals surface area contributed by atoms with Crippen LogP contribution in [0.2, 0.25) is 0 Å². The summed E-state index contributed by atoms with van der Waals surface area (Å²) in [5.74, 6) is 0.571. The number of carboxylic acids is 1. The molecule has 32 heteroatoms. The second-order valence-corrected chi connectivity index (χ2v) is 29.3. The average Bonchev–Trinajstić information content (AvgIpc) is 1.61. The van der Waals surface area contributed by atoms with Crippen LogP contribution in [0.15, 0.2) is 0 Å². The number of aromatic nitrogens is 3. The molecule has 3 atom stereocenters. The SMILES string of the molecule is CCCCCCCCCCCC(CCCCCCCCCCC)(C(=O)O)C(=O)CCCOCCOCCOCCOCCOCCOCCOCCOCCOCCOCCOCCOCCOCCOCCOCCOCCOCCOCCOCCOCCOCCOCCOCCn1nnc2c1CC[C@H]1[C@@H](CC2)[C@H]1COC(=O)NC. The standard InChI is InChI=1S/C86H162N4O28/c1-4-6-8-10-12-14-16-18-20-28-86(84(92)93,29-21-19-17-15-13-11-9-7-5-2)83(91)23-22-31-95-33-35-97-37-39-99-41-43-101-45-47-103-49-51-105-53-55-107-57-59-109-61-63-111-65-67-113-69-71-115-73-75-117-76-74-116-72-70-114-68-66-112-64-62-110-60-58-108-56-54-106-52-50-104-48-46-102-44-42-100-40-38-98-36-34-96-32-30-90-82-27-25-79-78(24-26-81(82)88-89-90)80(79)77-118-85(94)87-3/h78-80H,4-77H2,1-3H3,(H,87,94)(H,92,93)/t78-,79+,80-/m1/s1. The highest BCUT2D eigenvalue weighted by Gasteiger charge is 2.50. The van der Waals surface area contributed by atoms with Crippen LogP contribution in [0.25, 0.3) is 0 Å². The van der Waals surface area contributed by atoms with Gasteiger partial charge in [0.15, 0.2) is 0 Å². The number of unbranched alkanes of at least 4 members (excludes halogenated alkanes) is 16. The van der Waals surface area contributed by atoms with E-state index in [0.717, 1.165) is 69.9 Å². The quantitative estimate of drug-likeness (QED) is 0.0452. The van der Waals surface area contributed by atoms with Crippen molar-refractivity contribution in [3.8, 4) is 0 Å². The van der Waals surface area contributed by atoms with Crippen molar-refractivity contribution < 1.29 is 133 Å². The van der Waals surface area contributed by atoms with Gasteiger partial charge in [-0.2, -0.15) is 0 Å². The summed E-state index contributed by atoms with van der Waals surface area (Å²) in [6.07, 6.45) is 26.0. The largest absolute Gasteiger partial charge is 0.480 e. The van der Waals surface area contributed by atoms with Crippen molar-refractivity contribution >= 4 is 17.8 Å². The van der Waals surface area contributed by atoms with E-state index < -0.39 is 11.4 Å². The molecular formula is C86H162N4O28. The highest BCUT2D eigenvalue weighted by molar-refractivity contribution is 6.03. The molecule has 0 bridgehead atoms. The number of carboxylic acid groups (broad SMARTS) is 1. The number of ketones is 1. The molecule has 0 unspecified atom stereocenters. The Bertz CT molecular complexity index is 2310. The molecule has 2 aliphatic carbocycles. The van der Waals surface area contributed by atoms with Gasteiger partial charge in [0.2, 0.25) is 0 Å². The van der Waals surface area contributed by atoms with Crippen molar-refractivity contribution in [2.24, 2.45) is 23.2 Å². The maximum absolute atomic E-state index is 13.7. The number of aliphatic carboxylic acids is 1. The normalized spacial score (nSPS) is 14.8. The molecule has 0 aromatic carbocycles. The predicted octanol–water partition coefficient (Wildman–Crippen LogP) is 10.0. The molecule has 0 radical (unpaired) electrons. The minimum absolute atomic E-state index is 0.134. The minimum atomic E-state index is -1.29. The van der Waals surface area contributed by atoms with Gasteiger partial charge < -0.3 is 124 Å². The van der Waals surface area contributed by atoms with E-state index in [0.29, 0.717) is 354 Å². The molecule has 2 N–H and O–H groups in total. The number of nitrogens with one attached hydrogen (secondary N) is 1. The lowest BCUT2D eigenvalue weighted by Gasteiger charge is -2.28. The Balaban J connectivity index is 0.894. The number of Topliss-reactive ketones (excluding diaryl/α,β-unsaturated/α-hetero) is 1. The van der Waals surface area contributed by atoms with Gasteiger partial charge in [-0.15, -0.1) is 5.10 Å². The highest BCUT2D eigenvalue weighted by atomic mass is 16.6. The van der Waals surface area contributed by atoms with Crippen molar-refractivity contribution in [1.29, 1.82) is 0 Å². The molecule has 0 aliphatic heterocycles. The number of aryl methyl sites for hydroxylation is 1. The Morgan fingerprint density at radius 2 is 0.585 bits per heavy atom. The second-order valence-electron chi connectivity index (χ2n) is 29.3. The van der Waals surface area contributed by atoms with Crippen LogP contribution < -0.4 is 5.32 Å². The van der Waals surface area contributed by atoms with Crippen LogP contribution in [-0.4, -0.2) is 356 Å². The number of hydrogen-bond donors (Lipinski definition) is 2. The number of alkyl carbamates (subject to hydrolysis) is 1. The Morgan fingerprint density at radius 1 is 0.339 bits per heavy atom. The molecule has 118 heavy (non-hydrogen) atoms. The van der Waals surface area contributed by atoms with E-state index in [1.807, 2.05) is 4.68 Å². The van der Waals surface area contributed by atoms with E-state index in [1.165, 1.54) is 82.7 Å². The number of ether oxygens (including phenoxy) is 24. The van der Waals surface area contributed by atoms with Gasteiger partial charge in [0.05, 0.1) is 322 Å². The minimum Gasteiger partial charge on any atom is -0.480 e. The molecule has 1 saturated carbocycles. The van der Waals surface area contributed by atoms with E-state index in [1.54, 1.807) is 7.05 Å². The summed E-state index contributed by atoms with van der Waals surface area (Å²) in [7, 11) is 1.58. The smallest absolute Gasteiger partial charge is 0.406 e. The fourth-order valence-electron chi connectivity index (χ4n) is 13.4. The van der Waals surface area contributed by atoms with Gasteiger partial charge in [-0.25, -0.2) is 9.48 Å². The number of fused-ring (bicyclic) bond motifs is 2. The third-order valence-electron chi connectivity index (χ3n) is 20.1. The van der Waals surface area contributed by atoms with Crippen LogP contribution in [0.1, 0.15) is 179 Å². The molecular weight excluding hydrogens is 1540 g/mol. The van der Waals surface area contributed by atoms with Crippen molar-refractivity contribution in [3.05, 3.63) is 11.4 Å². The van der Waals surface area contributed by atoms with Crippen molar-refractivity contribution in [2.75, 3.05) is 318 Å². The van der Waals surface area contributed by atoms with Gasteiger partial charge in [0, 0.05) is 20.1 Å². The lowest BCUT2D eigenvalue weighted by Crippen LogP contribution is -2.39.